The van der Waals surface area contributed by atoms with Crippen LogP contribution in [0.3, 0.4) is 0 Å². The highest BCUT2D eigenvalue weighted by atomic mass is 32.2. The van der Waals surface area contributed by atoms with Crippen LogP contribution in [0.15, 0.2) is 101 Å². The van der Waals surface area contributed by atoms with Crippen LogP contribution in [0.5, 0.6) is 5.75 Å². The molecule has 7 unspecified atom stereocenters. The van der Waals surface area contributed by atoms with Crippen LogP contribution in [0.4, 0.5) is 11.4 Å². The average Bonchev–Trinajstić information content (AvgIpc) is 3.83. The predicted molar refractivity (Wildman–Crippen MR) is 191 cm³/mol. The van der Waals surface area contributed by atoms with Gasteiger partial charge in [-0.15, -0.1) is 11.8 Å². The van der Waals surface area contributed by atoms with E-state index in [2.05, 4.69) is 5.32 Å². The first-order valence-electron chi connectivity index (χ1n) is 16.6. The first-order valence-corrected chi connectivity index (χ1v) is 18.3. The maximum atomic E-state index is 14.1. The minimum atomic E-state index is -0.388. The standard InChI is InChI=1S/C39H33N3O5S2/c1-20-7-13-25(14-8-20)42-36(44)32-27-18-28(33(32)37(42)45)34-31(27)30(22-10-15-26(47-2)16-11-22)35-38(48-34)41(39(46)49-35)19-29(43)40-24-12-9-21-5-3-4-6-23(21)17-24/h3-17,27-28,30-34H,18-19H2,1-2H3,(H,40,43). The van der Waals surface area contributed by atoms with Crippen LogP contribution < -0.4 is 19.8 Å². The number of thioether (sulfide) groups is 1. The first kappa shape index (κ1) is 30.4. The summed E-state index contributed by atoms with van der Waals surface area (Å²) in [6.45, 7) is 1.87. The summed E-state index contributed by atoms with van der Waals surface area (Å²) in [4.78, 5) is 57.5. The summed E-state index contributed by atoms with van der Waals surface area (Å²) < 4.78 is 7.07. The van der Waals surface area contributed by atoms with Crippen molar-refractivity contribution in [2.75, 3.05) is 17.3 Å². The Morgan fingerprint density at radius 2 is 1.59 bits per heavy atom. The monoisotopic (exact) mass is 687 g/mol. The maximum Gasteiger partial charge on any atom is 0.308 e. The number of rotatable bonds is 6. The normalized spacial score (nSPS) is 26.5. The number of fused-ring (bicyclic) bond motifs is 10. The van der Waals surface area contributed by atoms with Crippen LogP contribution in [0.1, 0.15) is 28.3 Å². The van der Waals surface area contributed by atoms with Crippen LogP contribution >= 0.6 is 23.1 Å². The number of carbonyl (C=O) groups excluding carboxylic acids is 3. The second-order valence-electron chi connectivity index (χ2n) is 13.6. The van der Waals surface area contributed by atoms with Crippen molar-refractivity contribution in [1.82, 2.24) is 4.57 Å². The Kier molecular flexibility index (Phi) is 7.10. The van der Waals surface area contributed by atoms with E-state index in [-0.39, 0.29) is 69.9 Å². The number of anilines is 2. The van der Waals surface area contributed by atoms with Crippen molar-refractivity contribution in [2.45, 2.75) is 36.1 Å². The Labute approximate surface area is 291 Å². The molecule has 8 nitrogen and oxygen atoms in total. The van der Waals surface area contributed by atoms with Crippen molar-refractivity contribution in [3.63, 3.8) is 0 Å². The lowest BCUT2D eigenvalue weighted by molar-refractivity contribution is -0.123. The smallest absolute Gasteiger partial charge is 0.308 e. The number of ether oxygens (including phenoxy) is 1. The molecule has 3 amide bonds. The van der Waals surface area contributed by atoms with E-state index in [4.69, 9.17) is 4.74 Å². The summed E-state index contributed by atoms with van der Waals surface area (Å²) in [7, 11) is 1.63. The minimum absolute atomic E-state index is 0.00139. The highest BCUT2D eigenvalue weighted by Crippen LogP contribution is 2.69. The third-order valence-electron chi connectivity index (χ3n) is 11.1. The molecule has 10 heteroatoms. The van der Waals surface area contributed by atoms with Gasteiger partial charge < -0.3 is 10.1 Å². The fraction of sp³-hybridized carbons (Fsp3) is 0.282. The number of methoxy groups -OCH3 is 1. The van der Waals surface area contributed by atoms with Gasteiger partial charge in [-0.1, -0.05) is 71.5 Å². The van der Waals surface area contributed by atoms with E-state index in [1.165, 1.54) is 16.2 Å². The fourth-order valence-corrected chi connectivity index (χ4v) is 12.1. The lowest BCUT2D eigenvalue weighted by Crippen LogP contribution is -2.43. The molecule has 5 aromatic rings. The number of carbonyl (C=O) groups is 3. The number of thiazole rings is 1. The van der Waals surface area contributed by atoms with Crippen LogP contribution in [0, 0.1) is 36.5 Å². The van der Waals surface area contributed by atoms with Gasteiger partial charge in [0, 0.05) is 21.7 Å². The number of aryl methyl sites for hydroxylation is 1. The third kappa shape index (κ3) is 4.71. The Morgan fingerprint density at radius 3 is 2.33 bits per heavy atom. The summed E-state index contributed by atoms with van der Waals surface area (Å²) in [5.41, 5.74) is 3.41. The molecular formula is C39H33N3O5S2. The zero-order chi connectivity index (χ0) is 33.6. The number of hydrogen-bond donors (Lipinski definition) is 1. The average molecular weight is 688 g/mol. The number of nitrogens with zero attached hydrogens (tertiary/aromatic N) is 2. The number of hydrogen-bond acceptors (Lipinski definition) is 7. The third-order valence-corrected chi connectivity index (χ3v) is 13.8. The summed E-state index contributed by atoms with van der Waals surface area (Å²) in [5, 5.41) is 5.91. The van der Waals surface area contributed by atoms with Crippen molar-refractivity contribution in [2.24, 2.45) is 29.6 Å². The molecule has 2 aliphatic carbocycles. The van der Waals surface area contributed by atoms with Gasteiger partial charge in [-0.25, -0.2) is 0 Å². The molecular weight excluding hydrogens is 655 g/mol. The molecule has 1 aromatic heterocycles. The van der Waals surface area contributed by atoms with Gasteiger partial charge >= 0.3 is 4.87 Å². The van der Waals surface area contributed by atoms with Crippen molar-refractivity contribution >= 4 is 63.0 Å². The van der Waals surface area contributed by atoms with Gasteiger partial charge in [0.1, 0.15) is 12.3 Å². The molecule has 246 valence electrons. The van der Waals surface area contributed by atoms with Crippen molar-refractivity contribution in [3.8, 4) is 5.75 Å². The molecule has 2 bridgehead atoms. The first-order chi connectivity index (χ1) is 23.8. The number of nitrogens with one attached hydrogen (secondary N) is 1. The SMILES string of the molecule is COc1ccc(C2c3sc(=O)n(CC(=O)Nc4ccc5ccccc5c4)c3SC3C4CC(C5C(=O)N(c6ccc(C)cc6)C(=O)C45)C23)cc1. The molecule has 7 atom stereocenters. The lowest BCUT2D eigenvalue weighted by Gasteiger charge is -2.43. The molecule has 2 saturated carbocycles. The summed E-state index contributed by atoms with van der Waals surface area (Å²) >= 11 is 2.83. The van der Waals surface area contributed by atoms with Crippen LogP contribution in [0.25, 0.3) is 10.8 Å². The van der Waals surface area contributed by atoms with Gasteiger partial charge in [-0.05, 0) is 83.8 Å². The Hall–Kier alpha value is -4.67. The van der Waals surface area contributed by atoms with Crippen molar-refractivity contribution < 1.29 is 19.1 Å². The van der Waals surface area contributed by atoms with Crippen molar-refractivity contribution in [1.29, 1.82) is 0 Å². The minimum Gasteiger partial charge on any atom is -0.497 e. The number of amides is 3. The van der Waals surface area contributed by atoms with E-state index in [1.54, 1.807) is 23.4 Å². The van der Waals surface area contributed by atoms with Crippen molar-refractivity contribution in [3.05, 3.63) is 117 Å². The second-order valence-corrected chi connectivity index (χ2v) is 15.8. The zero-order valence-electron chi connectivity index (χ0n) is 26.9. The van der Waals surface area contributed by atoms with Gasteiger partial charge in [-0.2, -0.15) is 0 Å². The molecule has 9 rings (SSSR count). The highest BCUT2D eigenvalue weighted by molar-refractivity contribution is 8.00. The van der Waals surface area contributed by atoms with E-state index in [9.17, 15) is 19.2 Å². The molecule has 0 radical (unpaired) electrons. The summed E-state index contributed by atoms with van der Waals surface area (Å²) in [6.07, 6.45) is 0.797. The van der Waals surface area contributed by atoms with Gasteiger partial charge in [0.25, 0.3) is 0 Å². The summed E-state index contributed by atoms with van der Waals surface area (Å²) in [6, 6.07) is 29.3. The molecule has 3 heterocycles. The quantitative estimate of drug-likeness (QED) is 0.200. The Balaban J connectivity index is 1.08. The van der Waals surface area contributed by atoms with Crippen LogP contribution in [0.2, 0.25) is 0 Å². The number of benzene rings is 4. The molecule has 49 heavy (non-hydrogen) atoms. The second kappa shape index (κ2) is 11.5. The van der Waals surface area contributed by atoms with Gasteiger partial charge in [0.15, 0.2) is 0 Å². The van der Waals surface area contributed by atoms with E-state index in [0.29, 0.717) is 11.4 Å². The van der Waals surface area contributed by atoms with E-state index in [1.807, 2.05) is 97.9 Å². The molecule has 1 N–H and O–H groups in total. The molecule has 0 spiro atoms. The van der Waals surface area contributed by atoms with Gasteiger partial charge in [0.2, 0.25) is 17.7 Å². The number of aromatic nitrogens is 1. The highest BCUT2D eigenvalue weighted by Gasteiger charge is 2.69. The molecule has 4 aromatic carbocycles. The summed E-state index contributed by atoms with van der Waals surface area (Å²) in [5.74, 6) is -0.635. The van der Waals surface area contributed by atoms with E-state index < -0.39 is 0 Å². The molecule has 2 aliphatic heterocycles. The lowest BCUT2D eigenvalue weighted by atomic mass is 9.68. The van der Waals surface area contributed by atoms with Crippen LogP contribution in [-0.2, 0) is 20.9 Å². The van der Waals surface area contributed by atoms with Crippen LogP contribution in [-0.4, -0.2) is 34.6 Å². The Bertz CT molecular complexity index is 2230. The van der Waals surface area contributed by atoms with E-state index >= 15 is 0 Å². The predicted octanol–water partition coefficient (Wildman–Crippen LogP) is 6.70. The molecule has 1 saturated heterocycles. The largest absolute Gasteiger partial charge is 0.497 e. The topological polar surface area (TPSA) is 97.7 Å². The Morgan fingerprint density at radius 1 is 0.878 bits per heavy atom. The van der Waals surface area contributed by atoms with Gasteiger partial charge in [0.05, 0.1) is 29.7 Å². The van der Waals surface area contributed by atoms with E-state index in [0.717, 1.165) is 44.0 Å². The molecule has 3 fully saturated rings. The number of imide groups is 1. The maximum absolute atomic E-state index is 14.1. The fourth-order valence-electron chi connectivity index (χ4n) is 9.00. The zero-order valence-corrected chi connectivity index (χ0v) is 28.5. The van der Waals surface area contributed by atoms with Gasteiger partial charge in [-0.3, -0.25) is 28.6 Å². The molecule has 4 aliphatic rings.